The van der Waals surface area contributed by atoms with Crippen molar-refractivity contribution in [2.24, 2.45) is 0 Å². The Hall–Kier alpha value is -0.680. The van der Waals surface area contributed by atoms with Gasteiger partial charge in [0, 0.05) is 5.57 Å². The van der Waals surface area contributed by atoms with Crippen molar-refractivity contribution in [1.29, 1.82) is 0 Å². The highest BCUT2D eigenvalue weighted by molar-refractivity contribution is 7.46. The SMILES string of the molecule is CCC=C(C)C(=O)OOP(=O)(O)O. The quantitative estimate of drug-likeness (QED) is 0.310. The summed E-state index contributed by atoms with van der Waals surface area (Å²) < 4.78 is 13.6. The maximum Gasteiger partial charge on any atom is 0.505 e. The molecule has 0 radical (unpaired) electrons. The predicted octanol–water partition coefficient (Wildman–Crippen LogP) is 0.910. The molecule has 0 bridgehead atoms. The van der Waals surface area contributed by atoms with Gasteiger partial charge in [0.1, 0.15) is 0 Å². The first kappa shape index (κ1) is 12.3. The second-order valence-electron chi connectivity index (χ2n) is 2.23. The third-order valence-corrected chi connectivity index (χ3v) is 1.31. The zero-order chi connectivity index (χ0) is 10.5. The molecular formula is C6H11O6P. The van der Waals surface area contributed by atoms with Crippen molar-refractivity contribution in [2.75, 3.05) is 0 Å². The van der Waals surface area contributed by atoms with E-state index < -0.39 is 13.8 Å². The summed E-state index contributed by atoms with van der Waals surface area (Å²) in [6, 6.07) is 0. The van der Waals surface area contributed by atoms with Crippen LogP contribution in [0.2, 0.25) is 0 Å². The predicted molar refractivity (Wildman–Crippen MR) is 43.3 cm³/mol. The van der Waals surface area contributed by atoms with Crippen LogP contribution in [-0.2, 0) is 18.9 Å². The van der Waals surface area contributed by atoms with E-state index >= 15 is 0 Å². The maximum atomic E-state index is 10.8. The van der Waals surface area contributed by atoms with Crippen LogP contribution < -0.4 is 0 Å². The second-order valence-corrected chi connectivity index (χ2v) is 3.36. The Kier molecular flexibility index (Phi) is 4.87. The largest absolute Gasteiger partial charge is 0.505 e. The molecule has 0 aromatic carbocycles. The van der Waals surface area contributed by atoms with Gasteiger partial charge in [0.2, 0.25) is 0 Å². The van der Waals surface area contributed by atoms with Crippen molar-refractivity contribution in [1.82, 2.24) is 0 Å². The number of hydrogen-bond acceptors (Lipinski definition) is 4. The Labute approximate surface area is 75.3 Å². The lowest BCUT2D eigenvalue weighted by Gasteiger charge is -2.03. The molecule has 0 heterocycles. The Balaban J connectivity index is 4.03. The molecule has 0 aromatic rings. The Morgan fingerprint density at radius 3 is 2.46 bits per heavy atom. The topological polar surface area (TPSA) is 93.1 Å². The van der Waals surface area contributed by atoms with E-state index in [1.807, 2.05) is 0 Å². The third-order valence-electron chi connectivity index (χ3n) is 1.04. The lowest BCUT2D eigenvalue weighted by atomic mass is 10.2. The molecule has 0 aromatic heterocycles. The Morgan fingerprint density at radius 2 is 2.08 bits per heavy atom. The molecule has 0 unspecified atom stereocenters. The van der Waals surface area contributed by atoms with Gasteiger partial charge in [-0.25, -0.2) is 9.36 Å². The normalized spacial score (nSPS) is 12.8. The van der Waals surface area contributed by atoms with Crippen LogP contribution in [0.4, 0.5) is 0 Å². The van der Waals surface area contributed by atoms with Gasteiger partial charge in [-0.2, -0.15) is 0 Å². The minimum atomic E-state index is -4.75. The van der Waals surface area contributed by atoms with Crippen LogP contribution in [0.3, 0.4) is 0 Å². The van der Waals surface area contributed by atoms with Crippen molar-refractivity contribution in [3.63, 3.8) is 0 Å². The lowest BCUT2D eigenvalue weighted by molar-refractivity contribution is -0.217. The molecule has 0 aliphatic heterocycles. The summed E-state index contributed by atoms with van der Waals surface area (Å²) in [5.74, 6) is -0.912. The zero-order valence-electron chi connectivity index (χ0n) is 7.26. The summed E-state index contributed by atoms with van der Waals surface area (Å²) >= 11 is 0. The summed E-state index contributed by atoms with van der Waals surface area (Å²) in [5, 5.41) is 0. The minimum Gasteiger partial charge on any atom is -0.301 e. The number of rotatable bonds is 4. The van der Waals surface area contributed by atoms with Gasteiger partial charge in [-0.15, -0.1) is 0 Å². The maximum absolute atomic E-state index is 10.8. The summed E-state index contributed by atoms with van der Waals surface area (Å²) in [4.78, 5) is 31.0. The summed E-state index contributed by atoms with van der Waals surface area (Å²) in [6.45, 7) is 3.26. The van der Waals surface area contributed by atoms with Gasteiger partial charge in [-0.1, -0.05) is 17.7 Å². The summed E-state index contributed by atoms with van der Waals surface area (Å²) in [6.07, 6.45) is 2.17. The van der Waals surface area contributed by atoms with Crippen molar-refractivity contribution in [3.05, 3.63) is 11.6 Å². The molecule has 0 rings (SSSR count). The number of allylic oxidation sites excluding steroid dienone is 1. The van der Waals surface area contributed by atoms with Gasteiger partial charge in [0.05, 0.1) is 0 Å². The molecule has 0 aliphatic carbocycles. The van der Waals surface area contributed by atoms with E-state index in [1.165, 1.54) is 6.92 Å². The van der Waals surface area contributed by atoms with Gasteiger partial charge in [0.25, 0.3) is 0 Å². The van der Waals surface area contributed by atoms with Crippen LogP contribution in [0.15, 0.2) is 11.6 Å². The molecule has 13 heavy (non-hydrogen) atoms. The standard InChI is InChI=1S/C6H11O6P/c1-3-4-5(2)6(7)11-12-13(8,9)10/h4H,3H2,1-2H3,(H2,8,9,10). The van der Waals surface area contributed by atoms with Gasteiger partial charge < -0.3 is 9.79 Å². The van der Waals surface area contributed by atoms with E-state index in [0.29, 0.717) is 6.42 Å². The van der Waals surface area contributed by atoms with Crippen LogP contribution in [0.25, 0.3) is 0 Å². The highest BCUT2D eigenvalue weighted by atomic mass is 31.2. The highest BCUT2D eigenvalue weighted by Gasteiger charge is 2.19. The molecule has 7 heteroatoms. The molecule has 0 saturated heterocycles. The molecule has 0 spiro atoms. The fraction of sp³-hybridized carbons (Fsp3) is 0.500. The number of carbonyl (C=O) groups is 1. The molecule has 0 atom stereocenters. The number of hydrogen-bond donors (Lipinski definition) is 2. The number of carbonyl (C=O) groups excluding carboxylic acids is 1. The van der Waals surface area contributed by atoms with Crippen molar-refractivity contribution in [2.45, 2.75) is 20.3 Å². The van der Waals surface area contributed by atoms with Crippen LogP contribution in [0.1, 0.15) is 20.3 Å². The first-order chi connectivity index (χ1) is 5.87. The summed E-state index contributed by atoms with van der Waals surface area (Å²) in [7, 11) is -4.75. The van der Waals surface area contributed by atoms with Crippen LogP contribution in [0.5, 0.6) is 0 Å². The van der Waals surface area contributed by atoms with E-state index in [0.717, 1.165) is 0 Å². The van der Waals surface area contributed by atoms with Gasteiger partial charge in [0.15, 0.2) is 0 Å². The Bertz CT molecular complexity index is 252. The monoisotopic (exact) mass is 210 g/mol. The molecule has 0 amide bonds. The first-order valence-corrected chi connectivity index (χ1v) is 5.02. The van der Waals surface area contributed by atoms with Crippen LogP contribution >= 0.6 is 7.82 Å². The van der Waals surface area contributed by atoms with Crippen molar-refractivity contribution < 1.29 is 28.7 Å². The summed E-state index contributed by atoms with van der Waals surface area (Å²) in [5.41, 5.74) is 0.232. The van der Waals surface area contributed by atoms with E-state index in [1.54, 1.807) is 13.0 Å². The molecule has 0 saturated carbocycles. The first-order valence-electron chi connectivity index (χ1n) is 3.49. The minimum absolute atomic E-state index is 0.232. The van der Waals surface area contributed by atoms with E-state index in [2.05, 4.69) is 9.56 Å². The molecule has 0 aliphatic rings. The average Bonchev–Trinajstić information content (AvgIpc) is 1.99. The highest BCUT2D eigenvalue weighted by Crippen LogP contribution is 2.36. The van der Waals surface area contributed by atoms with E-state index in [4.69, 9.17) is 9.79 Å². The van der Waals surface area contributed by atoms with E-state index in [-0.39, 0.29) is 5.57 Å². The fourth-order valence-corrected chi connectivity index (χ4v) is 0.702. The number of phosphoric acid groups is 1. The smallest absolute Gasteiger partial charge is 0.301 e. The second kappa shape index (κ2) is 5.14. The molecule has 76 valence electrons. The van der Waals surface area contributed by atoms with Gasteiger partial charge in [-0.05, 0) is 13.3 Å². The van der Waals surface area contributed by atoms with Crippen molar-refractivity contribution in [3.8, 4) is 0 Å². The third kappa shape index (κ3) is 6.48. The Morgan fingerprint density at radius 1 is 1.54 bits per heavy atom. The zero-order valence-corrected chi connectivity index (χ0v) is 8.15. The van der Waals surface area contributed by atoms with Crippen LogP contribution in [0, 0.1) is 0 Å². The van der Waals surface area contributed by atoms with Gasteiger partial charge >= 0.3 is 13.8 Å². The van der Waals surface area contributed by atoms with E-state index in [9.17, 15) is 9.36 Å². The van der Waals surface area contributed by atoms with Gasteiger partial charge in [-0.3, -0.25) is 4.89 Å². The van der Waals surface area contributed by atoms with Crippen molar-refractivity contribution >= 4 is 13.8 Å². The fourth-order valence-electron chi connectivity index (χ4n) is 0.538. The van der Waals surface area contributed by atoms with Crippen LogP contribution in [-0.4, -0.2) is 15.8 Å². The average molecular weight is 210 g/mol. The molecule has 6 nitrogen and oxygen atoms in total. The molecule has 2 N–H and O–H groups in total. The molecular weight excluding hydrogens is 199 g/mol. The lowest BCUT2D eigenvalue weighted by Crippen LogP contribution is -2.05. The molecule has 0 fully saturated rings.